The molecule has 19 heavy (non-hydrogen) atoms. The molecule has 0 aliphatic rings. The van der Waals surface area contributed by atoms with Crippen LogP contribution < -0.4 is 10.1 Å². The van der Waals surface area contributed by atoms with Gasteiger partial charge in [0.15, 0.2) is 0 Å². The maximum atomic E-state index is 5.60. The van der Waals surface area contributed by atoms with Crippen LogP contribution in [0.25, 0.3) is 0 Å². The van der Waals surface area contributed by atoms with E-state index in [0.29, 0.717) is 12.5 Å². The van der Waals surface area contributed by atoms with E-state index in [-0.39, 0.29) is 0 Å². The highest BCUT2D eigenvalue weighted by atomic mass is 79.9. The topological polar surface area (TPSA) is 30.5 Å². The molecule has 0 saturated heterocycles. The van der Waals surface area contributed by atoms with Crippen LogP contribution in [-0.4, -0.2) is 32.9 Å². The molecule has 108 valence electrons. The highest BCUT2D eigenvalue weighted by molar-refractivity contribution is 9.10. The van der Waals surface area contributed by atoms with E-state index in [2.05, 4.69) is 35.1 Å². The first-order valence-electron chi connectivity index (χ1n) is 6.85. The first-order chi connectivity index (χ1) is 9.18. The van der Waals surface area contributed by atoms with Gasteiger partial charge in [0.2, 0.25) is 0 Å². The van der Waals surface area contributed by atoms with Crippen LogP contribution >= 0.6 is 15.9 Å². The van der Waals surface area contributed by atoms with Crippen molar-refractivity contribution >= 4 is 15.9 Å². The summed E-state index contributed by atoms with van der Waals surface area (Å²) in [5, 5.41) is 3.30. The van der Waals surface area contributed by atoms with Gasteiger partial charge in [-0.15, -0.1) is 0 Å². The van der Waals surface area contributed by atoms with Crippen molar-refractivity contribution in [2.24, 2.45) is 5.92 Å². The van der Waals surface area contributed by atoms with Crippen LogP contribution in [0.4, 0.5) is 0 Å². The minimum Gasteiger partial charge on any atom is -0.492 e. The first-order valence-corrected chi connectivity index (χ1v) is 7.64. The second-order valence-electron chi connectivity index (χ2n) is 4.85. The van der Waals surface area contributed by atoms with Gasteiger partial charge in [-0.1, -0.05) is 29.8 Å². The van der Waals surface area contributed by atoms with Crippen molar-refractivity contribution < 1.29 is 9.47 Å². The average molecular weight is 330 g/mol. The van der Waals surface area contributed by atoms with Gasteiger partial charge in [0.05, 0.1) is 6.61 Å². The van der Waals surface area contributed by atoms with Gasteiger partial charge in [-0.25, -0.2) is 0 Å². The second kappa shape index (κ2) is 10.2. The van der Waals surface area contributed by atoms with Gasteiger partial charge in [0.1, 0.15) is 12.4 Å². The Balaban J connectivity index is 1.90. The minimum absolute atomic E-state index is 0.674. The highest BCUT2D eigenvalue weighted by Gasteiger charge is 1.95. The lowest BCUT2D eigenvalue weighted by molar-refractivity contribution is 0.124. The lowest BCUT2D eigenvalue weighted by Gasteiger charge is -2.09. The number of hydrogen-bond acceptors (Lipinski definition) is 3. The Hall–Kier alpha value is -0.580. The number of rotatable bonds is 10. The van der Waals surface area contributed by atoms with Crippen LogP contribution in [-0.2, 0) is 4.74 Å². The van der Waals surface area contributed by atoms with E-state index in [4.69, 9.17) is 9.47 Å². The molecule has 0 aliphatic carbocycles. The molecule has 1 rings (SSSR count). The van der Waals surface area contributed by atoms with Gasteiger partial charge in [-0.05, 0) is 36.6 Å². The number of hydrogen-bond donors (Lipinski definition) is 1. The van der Waals surface area contributed by atoms with Gasteiger partial charge in [-0.2, -0.15) is 0 Å². The normalized spacial score (nSPS) is 10.9. The third kappa shape index (κ3) is 9.03. The number of ether oxygens (including phenoxy) is 2. The third-order valence-corrected chi connectivity index (χ3v) is 3.15. The van der Waals surface area contributed by atoms with Gasteiger partial charge in [0.25, 0.3) is 0 Å². The maximum absolute atomic E-state index is 5.60. The fourth-order valence-corrected chi connectivity index (χ4v) is 1.73. The Morgan fingerprint density at radius 1 is 1.05 bits per heavy atom. The van der Waals surface area contributed by atoms with Crippen molar-refractivity contribution in [2.75, 3.05) is 32.9 Å². The summed E-state index contributed by atoms with van der Waals surface area (Å²) in [4.78, 5) is 0. The highest BCUT2D eigenvalue weighted by Crippen LogP contribution is 2.15. The quantitative estimate of drug-likeness (QED) is 0.666. The van der Waals surface area contributed by atoms with E-state index in [1.165, 1.54) is 0 Å². The molecule has 1 N–H and O–H groups in total. The Kier molecular flexibility index (Phi) is 8.88. The summed E-state index contributed by atoms with van der Waals surface area (Å²) in [7, 11) is 0. The van der Waals surface area contributed by atoms with Crippen LogP contribution in [0.2, 0.25) is 0 Å². The van der Waals surface area contributed by atoms with Crippen molar-refractivity contribution in [3.8, 4) is 5.75 Å². The van der Waals surface area contributed by atoms with Crippen molar-refractivity contribution in [3.63, 3.8) is 0 Å². The number of benzene rings is 1. The van der Waals surface area contributed by atoms with Crippen LogP contribution in [0.3, 0.4) is 0 Å². The molecule has 0 atom stereocenters. The molecule has 0 aromatic heterocycles. The van der Waals surface area contributed by atoms with Crippen molar-refractivity contribution in [2.45, 2.75) is 20.3 Å². The number of halogens is 1. The molecule has 0 saturated carbocycles. The molecule has 4 heteroatoms. The Bertz CT molecular complexity index is 327. The van der Waals surface area contributed by atoms with E-state index >= 15 is 0 Å². The van der Waals surface area contributed by atoms with Gasteiger partial charge >= 0.3 is 0 Å². The summed E-state index contributed by atoms with van der Waals surface area (Å²) >= 11 is 3.40. The SMILES string of the molecule is CC(C)CCOCCNCCOc1ccc(Br)cc1. The molecular formula is C15H24BrNO2. The van der Waals surface area contributed by atoms with Crippen LogP contribution in [0.5, 0.6) is 5.75 Å². The van der Waals surface area contributed by atoms with E-state index < -0.39 is 0 Å². The maximum Gasteiger partial charge on any atom is 0.119 e. The molecule has 0 bridgehead atoms. The zero-order valence-electron chi connectivity index (χ0n) is 11.8. The van der Waals surface area contributed by atoms with Gasteiger partial charge in [-0.3, -0.25) is 0 Å². The summed E-state index contributed by atoms with van der Waals surface area (Å²) in [6, 6.07) is 7.87. The summed E-state index contributed by atoms with van der Waals surface area (Å²) in [6.07, 6.45) is 1.13. The Morgan fingerprint density at radius 3 is 2.42 bits per heavy atom. The molecule has 0 amide bonds. The van der Waals surface area contributed by atoms with Gasteiger partial charge in [0, 0.05) is 24.2 Å². The molecule has 3 nitrogen and oxygen atoms in total. The molecule has 0 aliphatic heterocycles. The zero-order chi connectivity index (χ0) is 13.9. The predicted molar refractivity (Wildman–Crippen MR) is 82.8 cm³/mol. The van der Waals surface area contributed by atoms with E-state index in [9.17, 15) is 0 Å². The molecule has 0 unspecified atom stereocenters. The molecule has 0 spiro atoms. The van der Waals surface area contributed by atoms with E-state index in [1.807, 2.05) is 24.3 Å². The molecule has 0 heterocycles. The zero-order valence-corrected chi connectivity index (χ0v) is 13.4. The largest absolute Gasteiger partial charge is 0.492 e. The van der Waals surface area contributed by atoms with Crippen LogP contribution in [0.15, 0.2) is 28.7 Å². The molecule has 1 aromatic carbocycles. The van der Waals surface area contributed by atoms with Crippen LogP contribution in [0, 0.1) is 5.92 Å². The van der Waals surface area contributed by atoms with Crippen molar-refractivity contribution in [1.82, 2.24) is 5.32 Å². The van der Waals surface area contributed by atoms with Gasteiger partial charge < -0.3 is 14.8 Å². The summed E-state index contributed by atoms with van der Waals surface area (Å²) in [6.45, 7) is 8.43. The fraction of sp³-hybridized carbons (Fsp3) is 0.600. The summed E-state index contributed by atoms with van der Waals surface area (Å²) in [5.74, 6) is 1.62. The van der Waals surface area contributed by atoms with Crippen molar-refractivity contribution in [3.05, 3.63) is 28.7 Å². The molecular weight excluding hydrogens is 306 g/mol. The standard InChI is InChI=1S/C15H24BrNO2/c1-13(2)7-10-18-11-8-17-9-12-19-15-5-3-14(16)4-6-15/h3-6,13,17H,7-12H2,1-2H3. The monoisotopic (exact) mass is 329 g/mol. The average Bonchev–Trinajstić information content (AvgIpc) is 2.38. The number of nitrogens with one attached hydrogen (secondary N) is 1. The lowest BCUT2D eigenvalue weighted by Crippen LogP contribution is -2.25. The smallest absolute Gasteiger partial charge is 0.119 e. The lowest BCUT2D eigenvalue weighted by atomic mass is 10.1. The molecule has 1 aromatic rings. The summed E-state index contributed by atoms with van der Waals surface area (Å²) < 4.78 is 12.2. The summed E-state index contributed by atoms with van der Waals surface area (Å²) in [5.41, 5.74) is 0. The predicted octanol–water partition coefficient (Wildman–Crippen LogP) is 3.48. The molecule has 0 fully saturated rings. The van der Waals surface area contributed by atoms with E-state index in [1.54, 1.807) is 0 Å². The first kappa shape index (κ1) is 16.5. The molecule has 0 radical (unpaired) electrons. The van der Waals surface area contributed by atoms with Crippen molar-refractivity contribution in [1.29, 1.82) is 0 Å². The Morgan fingerprint density at radius 2 is 1.74 bits per heavy atom. The third-order valence-electron chi connectivity index (χ3n) is 2.62. The fourth-order valence-electron chi connectivity index (χ4n) is 1.46. The van der Waals surface area contributed by atoms with E-state index in [0.717, 1.165) is 42.9 Å². The van der Waals surface area contributed by atoms with Crippen LogP contribution in [0.1, 0.15) is 20.3 Å². The Labute approximate surface area is 124 Å². The second-order valence-corrected chi connectivity index (χ2v) is 5.76. The minimum atomic E-state index is 0.674.